The van der Waals surface area contributed by atoms with Gasteiger partial charge in [-0.15, -0.1) is 0 Å². The van der Waals surface area contributed by atoms with Crippen LogP contribution in [-0.2, 0) is 0 Å². The Labute approximate surface area is 137 Å². The minimum Gasteiger partial charge on any atom is -0.388 e. The molecule has 7 heteroatoms. The molecule has 6 N–H and O–H groups in total. The lowest BCUT2D eigenvalue weighted by Gasteiger charge is -2.39. The second-order valence-electron chi connectivity index (χ2n) is 6.65. The summed E-state index contributed by atoms with van der Waals surface area (Å²) in [6, 6.07) is -1.09. The number of aliphatic imine (C=N–C) groups is 1. The molecule has 0 aromatic rings. The summed E-state index contributed by atoms with van der Waals surface area (Å²) >= 11 is 0. The summed E-state index contributed by atoms with van der Waals surface area (Å²) in [6.45, 7) is 2.89. The lowest BCUT2D eigenvalue weighted by molar-refractivity contribution is -0.150. The molecule has 2 aliphatic rings. The molecule has 7 nitrogen and oxygen atoms in total. The molecule has 0 radical (unpaired) electrons. The Hall–Kier alpha value is -0.890. The second kappa shape index (κ2) is 8.82. The van der Waals surface area contributed by atoms with E-state index in [9.17, 15) is 20.4 Å². The molecule has 2 fully saturated rings. The van der Waals surface area contributed by atoms with Crippen LogP contribution < -0.4 is 10.6 Å². The number of unbranched alkanes of at least 4 members (excludes halogenated alkanes) is 6. The van der Waals surface area contributed by atoms with E-state index >= 15 is 0 Å². The molecule has 6 atom stereocenters. The van der Waals surface area contributed by atoms with E-state index in [1.54, 1.807) is 0 Å². The van der Waals surface area contributed by atoms with Gasteiger partial charge in [-0.3, -0.25) is 4.99 Å². The average molecular weight is 329 g/mol. The molecule has 134 valence electrons. The predicted molar refractivity (Wildman–Crippen MR) is 88.2 cm³/mol. The predicted octanol–water partition coefficient (Wildman–Crippen LogP) is -0.520. The van der Waals surface area contributed by atoms with Crippen molar-refractivity contribution in [1.29, 1.82) is 0 Å². The third kappa shape index (κ3) is 4.56. The smallest absolute Gasteiger partial charge is 0.192 e. The Bertz CT molecular complexity index is 370. The molecule has 1 saturated carbocycles. The number of fused-ring (bicyclic) bond motifs is 1. The van der Waals surface area contributed by atoms with E-state index in [0.29, 0.717) is 12.5 Å². The molecule has 1 heterocycles. The van der Waals surface area contributed by atoms with Gasteiger partial charge in [0, 0.05) is 6.54 Å². The number of aliphatic hydroxyl groups excluding tert-OH is 4. The van der Waals surface area contributed by atoms with E-state index in [0.717, 1.165) is 12.8 Å². The zero-order chi connectivity index (χ0) is 16.8. The Morgan fingerprint density at radius 2 is 1.22 bits per heavy atom. The molecule has 0 bridgehead atoms. The van der Waals surface area contributed by atoms with Gasteiger partial charge in [0.15, 0.2) is 5.96 Å². The van der Waals surface area contributed by atoms with Crippen molar-refractivity contribution in [2.75, 3.05) is 6.54 Å². The number of nitrogens with zero attached hydrogens (tertiary/aromatic N) is 1. The minimum atomic E-state index is -1.36. The summed E-state index contributed by atoms with van der Waals surface area (Å²) in [5, 5.41) is 45.4. The number of aliphatic hydroxyl groups is 4. The van der Waals surface area contributed by atoms with Crippen LogP contribution in [0.25, 0.3) is 0 Å². The molecule has 0 unspecified atom stereocenters. The van der Waals surface area contributed by atoms with Crippen LogP contribution >= 0.6 is 0 Å². The Balaban J connectivity index is 1.72. The van der Waals surface area contributed by atoms with Crippen molar-refractivity contribution in [2.24, 2.45) is 4.99 Å². The van der Waals surface area contributed by atoms with Gasteiger partial charge in [-0.2, -0.15) is 0 Å². The quantitative estimate of drug-likeness (QED) is 0.334. The largest absolute Gasteiger partial charge is 0.388 e. The van der Waals surface area contributed by atoms with Crippen molar-refractivity contribution in [3.8, 4) is 0 Å². The van der Waals surface area contributed by atoms with Crippen LogP contribution in [-0.4, -0.2) is 69.4 Å². The Morgan fingerprint density at radius 1 is 0.739 bits per heavy atom. The van der Waals surface area contributed by atoms with Crippen molar-refractivity contribution in [3.63, 3.8) is 0 Å². The lowest BCUT2D eigenvalue weighted by atomic mass is 9.82. The van der Waals surface area contributed by atoms with Crippen LogP contribution in [0.5, 0.6) is 0 Å². The molecule has 1 saturated heterocycles. The molecular formula is C16H31N3O4. The van der Waals surface area contributed by atoms with Gasteiger partial charge in [-0.05, 0) is 6.42 Å². The molecule has 23 heavy (non-hydrogen) atoms. The maximum Gasteiger partial charge on any atom is 0.192 e. The van der Waals surface area contributed by atoms with Crippen LogP contribution in [0, 0.1) is 0 Å². The van der Waals surface area contributed by atoms with Crippen LogP contribution in [0.3, 0.4) is 0 Å². The number of rotatable bonds is 8. The highest BCUT2D eigenvalue weighted by molar-refractivity contribution is 5.83. The number of nitrogens with one attached hydrogen (secondary N) is 2. The number of guanidine groups is 1. The SMILES string of the molecule is CCCCCCCCCN=C1N[C@@H]2[C@H](O)[C@@H](O)[C@H](O)[C@@H](O)[C@@H]2N1. The molecule has 0 aromatic carbocycles. The average Bonchev–Trinajstić information content (AvgIpc) is 2.98. The van der Waals surface area contributed by atoms with Gasteiger partial charge in [-0.1, -0.05) is 45.4 Å². The van der Waals surface area contributed by atoms with Gasteiger partial charge in [0.2, 0.25) is 0 Å². The first-order valence-electron chi connectivity index (χ1n) is 8.86. The topological polar surface area (TPSA) is 117 Å². The summed E-state index contributed by atoms with van der Waals surface area (Å²) in [5.41, 5.74) is 0. The molecule has 0 aromatic heterocycles. The summed E-state index contributed by atoms with van der Waals surface area (Å²) in [4.78, 5) is 4.41. The molecular weight excluding hydrogens is 298 g/mol. The van der Waals surface area contributed by atoms with Gasteiger partial charge in [0.1, 0.15) is 24.4 Å². The van der Waals surface area contributed by atoms with E-state index in [1.807, 2.05) is 0 Å². The standard InChI is InChI=1S/C16H31N3O4/c1-2-3-4-5-6-7-8-9-17-16-18-10-11(19-16)13(21)15(23)14(22)12(10)20/h10-15,20-23H,2-9H2,1H3,(H2,17,18,19)/t10-,11+,12-,13-,14+,15+/m0/s1. The van der Waals surface area contributed by atoms with Crippen LogP contribution in [0.1, 0.15) is 51.9 Å². The highest BCUT2D eigenvalue weighted by atomic mass is 16.4. The van der Waals surface area contributed by atoms with Crippen molar-refractivity contribution in [3.05, 3.63) is 0 Å². The van der Waals surface area contributed by atoms with Crippen LogP contribution in [0.4, 0.5) is 0 Å². The monoisotopic (exact) mass is 329 g/mol. The van der Waals surface area contributed by atoms with Gasteiger partial charge < -0.3 is 31.1 Å². The van der Waals surface area contributed by atoms with Crippen LogP contribution in [0.15, 0.2) is 4.99 Å². The molecule has 2 rings (SSSR count). The first-order valence-corrected chi connectivity index (χ1v) is 8.86. The maximum absolute atomic E-state index is 9.99. The molecule has 1 aliphatic carbocycles. The summed E-state index contributed by atoms with van der Waals surface area (Å²) in [6.07, 6.45) is 3.53. The lowest BCUT2D eigenvalue weighted by Crippen LogP contribution is -2.66. The van der Waals surface area contributed by atoms with Crippen LogP contribution in [0.2, 0.25) is 0 Å². The van der Waals surface area contributed by atoms with Gasteiger partial charge >= 0.3 is 0 Å². The fourth-order valence-corrected chi connectivity index (χ4v) is 3.31. The first-order chi connectivity index (χ1) is 11.1. The summed E-state index contributed by atoms with van der Waals surface area (Å²) in [7, 11) is 0. The Kier molecular flexibility index (Phi) is 7.08. The zero-order valence-corrected chi connectivity index (χ0v) is 13.9. The molecule has 1 aliphatic heterocycles. The van der Waals surface area contributed by atoms with Crippen molar-refractivity contribution in [2.45, 2.75) is 88.4 Å². The molecule has 0 amide bonds. The third-order valence-electron chi connectivity index (χ3n) is 4.81. The van der Waals surface area contributed by atoms with E-state index < -0.39 is 36.5 Å². The zero-order valence-electron chi connectivity index (χ0n) is 13.9. The van der Waals surface area contributed by atoms with E-state index in [4.69, 9.17) is 0 Å². The van der Waals surface area contributed by atoms with E-state index in [2.05, 4.69) is 22.5 Å². The number of hydrogen-bond donors (Lipinski definition) is 6. The van der Waals surface area contributed by atoms with E-state index in [1.165, 1.54) is 32.1 Å². The minimum absolute atomic E-state index is 0.519. The fourth-order valence-electron chi connectivity index (χ4n) is 3.31. The van der Waals surface area contributed by atoms with E-state index in [-0.39, 0.29) is 0 Å². The highest BCUT2D eigenvalue weighted by Crippen LogP contribution is 2.24. The summed E-state index contributed by atoms with van der Waals surface area (Å²) in [5.74, 6) is 0.519. The van der Waals surface area contributed by atoms with Crippen molar-refractivity contribution >= 4 is 5.96 Å². The normalized spacial score (nSPS) is 38.2. The first kappa shape index (κ1) is 18.4. The van der Waals surface area contributed by atoms with Gasteiger partial charge in [0.25, 0.3) is 0 Å². The van der Waals surface area contributed by atoms with Gasteiger partial charge in [0.05, 0.1) is 12.1 Å². The third-order valence-corrected chi connectivity index (χ3v) is 4.81. The maximum atomic E-state index is 9.99. The highest BCUT2D eigenvalue weighted by Gasteiger charge is 2.52. The fraction of sp³-hybridized carbons (Fsp3) is 0.938. The van der Waals surface area contributed by atoms with Crippen molar-refractivity contribution < 1.29 is 20.4 Å². The van der Waals surface area contributed by atoms with Gasteiger partial charge in [-0.25, -0.2) is 0 Å². The second-order valence-corrected chi connectivity index (χ2v) is 6.65. The van der Waals surface area contributed by atoms with Crippen molar-refractivity contribution in [1.82, 2.24) is 10.6 Å². The Morgan fingerprint density at radius 3 is 1.74 bits per heavy atom. The molecule has 0 spiro atoms. The number of hydrogen-bond acceptors (Lipinski definition) is 5. The summed E-state index contributed by atoms with van der Waals surface area (Å²) < 4.78 is 0.